The largest absolute Gasteiger partial charge is 0.298 e. The fourth-order valence-electron chi connectivity index (χ4n) is 0.974. The molecule has 14 heavy (non-hydrogen) atoms. The van der Waals surface area contributed by atoms with Gasteiger partial charge in [0, 0.05) is 10.8 Å². The van der Waals surface area contributed by atoms with Gasteiger partial charge >= 0.3 is 0 Å². The lowest BCUT2D eigenvalue weighted by Gasteiger charge is -1.97. The third-order valence-electron chi connectivity index (χ3n) is 1.62. The molecule has 0 unspecified atom stereocenters. The van der Waals surface area contributed by atoms with E-state index in [-0.39, 0.29) is 5.91 Å². The van der Waals surface area contributed by atoms with Crippen LogP contribution in [0.3, 0.4) is 0 Å². The molecule has 0 atom stereocenters. The Kier molecular flexibility index (Phi) is 2.60. The van der Waals surface area contributed by atoms with E-state index in [9.17, 15) is 4.79 Å². The molecule has 0 bridgehead atoms. The summed E-state index contributed by atoms with van der Waals surface area (Å²) in [5, 5.41) is 8.99. The first-order chi connectivity index (χ1) is 6.75. The van der Waals surface area contributed by atoms with Crippen LogP contribution < -0.4 is 5.32 Å². The van der Waals surface area contributed by atoms with Crippen molar-refractivity contribution in [1.82, 2.24) is 4.98 Å². The van der Waals surface area contributed by atoms with Gasteiger partial charge < -0.3 is 0 Å². The Balaban J connectivity index is 2.09. The molecule has 1 amide bonds. The van der Waals surface area contributed by atoms with Crippen molar-refractivity contribution in [2.24, 2.45) is 0 Å². The van der Waals surface area contributed by atoms with Crippen LogP contribution in [-0.4, -0.2) is 10.9 Å². The molecular weight excluding hydrogens is 216 g/mol. The Hall–Kier alpha value is -1.20. The Bertz CT molecular complexity index is 433. The molecule has 0 saturated carbocycles. The molecule has 0 aliphatic rings. The van der Waals surface area contributed by atoms with Gasteiger partial charge in [-0.3, -0.25) is 10.1 Å². The van der Waals surface area contributed by atoms with Crippen LogP contribution in [0.2, 0.25) is 0 Å². The van der Waals surface area contributed by atoms with Crippen molar-refractivity contribution in [2.45, 2.75) is 6.92 Å². The number of thiazole rings is 1. The predicted octanol–water partition coefficient (Wildman–Crippen LogP) is 2.77. The molecule has 72 valence electrons. The number of aryl methyl sites for hydroxylation is 1. The average Bonchev–Trinajstić information content (AvgIpc) is 2.75. The van der Waals surface area contributed by atoms with Gasteiger partial charge in [0.15, 0.2) is 5.13 Å². The molecule has 2 aromatic rings. The summed E-state index contributed by atoms with van der Waals surface area (Å²) >= 11 is 2.94. The van der Waals surface area contributed by atoms with E-state index >= 15 is 0 Å². The van der Waals surface area contributed by atoms with Gasteiger partial charge in [-0.2, -0.15) is 11.3 Å². The van der Waals surface area contributed by atoms with Crippen molar-refractivity contribution in [3.63, 3.8) is 0 Å². The maximum absolute atomic E-state index is 11.5. The molecule has 0 aliphatic carbocycles. The van der Waals surface area contributed by atoms with E-state index in [0.717, 1.165) is 5.69 Å². The van der Waals surface area contributed by atoms with Crippen LogP contribution in [-0.2, 0) is 0 Å². The number of rotatable bonds is 2. The summed E-state index contributed by atoms with van der Waals surface area (Å²) in [6.45, 7) is 1.90. The minimum Gasteiger partial charge on any atom is -0.298 e. The maximum Gasteiger partial charge on any atom is 0.258 e. The number of aromatic nitrogens is 1. The second-order valence-electron chi connectivity index (χ2n) is 2.76. The van der Waals surface area contributed by atoms with E-state index in [2.05, 4.69) is 10.3 Å². The van der Waals surface area contributed by atoms with Crippen LogP contribution in [0.4, 0.5) is 5.13 Å². The number of hydrogen-bond donors (Lipinski definition) is 1. The van der Waals surface area contributed by atoms with Crippen molar-refractivity contribution in [1.29, 1.82) is 0 Å². The van der Waals surface area contributed by atoms with Crippen LogP contribution in [0.5, 0.6) is 0 Å². The number of nitrogens with zero attached hydrogens (tertiary/aromatic N) is 1. The van der Waals surface area contributed by atoms with Crippen molar-refractivity contribution in [3.05, 3.63) is 33.5 Å². The van der Waals surface area contributed by atoms with Crippen molar-refractivity contribution in [2.75, 3.05) is 5.32 Å². The molecular formula is C9H8N2OS2. The van der Waals surface area contributed by atoms with E-state index in [1.165, 1.54) is 22.7 Å². The molecule has 0 saturated heterocycles. The van der Waals surface area contributed by atoms with Crippen LogP contribution >= 0.6 is 22.7 Å². The topological polar surface area (TPSA) is 42.0 Å². The molecule has 2 rings (SSSR count). The highest BCUT2D eigenvalue weighted by Crippen LogP contribution is 2.16. The number of thiophene rings is 1. The highest BCUT2D eigenvalue weighted by molar-refractivity contribution is 7.14. The van der Waals surface area contributed by atoms with Crippen molar-refractivity contribution >= 4 is 33.7 Å². The monoisotopic (exact) mass is 224 g/mol. The minimum atomic E-state index is -0.0967. The fraction of sp³-hybridized carbons (Fsp3) is 0.111. The number of nitrogens with one attached hydrogen (secondary N) is 1. The van der Waals surface area contributed by atoms with Crippen LogP contribution in [0.25, 0.3) is 0 Å². The Morgan fingerprint density at radius 3 is 2.93 bits per heavy atom. The first-order valence-corrected chi connectivity index (χ1v) is 5.83. The smallest absolute Gasteiger partial charge is 0.258 e. The van der Waals surface area contributed by atoms with E-state index < -0.39 is 0 Å². The lowest BCUT2D eigenvalue weighted by atomic mass is 10.3. The normalized spacial score (nSPS) is 10.1. The molecule has 2 aromatic heterocycles. The summed E-state index contributed by atoms with van der Waals surface area (Å²) in [7, 11) is 0. The minimum absolute atomic E-state index is 0.0967. The summed E-state index contributed by atoms with van der Waals surface area (Å²) in [4.78, 5) is 15.7. The number of hydrogen-bond acceptors (Lipinski definition) is 4. The molecule has 0 radical (unpaired) electrons. The number of amides is 1. The summed E-state index contributed by atoms with van der Waals surface area (Å²) in [5.74, 6) is -0.0967. The average molecular weight is 224 g/mol. The fourth-order valence-corrected chi connectivity index (χ4v) is 2.29. The predicted molar refractivity (Wildman–Crippen MR) is 59.1 cm³/mol. The van der Waals surface area contributed by atoms with Gasteiger partial charge in [0.2, 0.25) is 0 Å². The van der Waals surface area contributed by atoms with Crippen LogP contribution in [0, 0.1) is 6.92 Å². The van der Waals surface area contributed by atoms with Crippen LogP contribution in [0.1, 0.15) is 16.1 Å². The third-order valence-corrected chi connectivity index (χ3v) is 3.18. The zero-order valence-electron chi connectivity index (χ0n) is 7.48. The second kappa shape index (κ2) is 3.89. The molecule has 3 nitrogen and oxygen atoms in total. The quantitative estimate of drug-likeness (QED) is 0.852. The van der Waals surface area contributed by atoms with E-state index in [1.807, 2.05) is 23.1 Å². The highest BCUT2D eigenvalue weighted by Gasteiger charge is 2.07. The molecule has 2 heterocycles. The summed E-state index contributed by atoms with van der Waals surface area (Å²) in [6, 6.07) is 1.79. The number of carbonyl (C=O) groups is 1. The first-order valence-electron chi connectivity index (χ1n) is 4.01. The van der Waals surface area contributed by atoms with E-state index in [0.29, 0.717) is 10.7 Å². The molecule has 0 spiro atoms. The van der Waals surface area contributed by atoms with Gasteiger partial charge in [-0.15, -0.1) is 11.3 Å². The van der Waals surface area contributed by atoms with E-state index in [1.54, 1.807) is 6.07 Å². The first kappa shape index (κ1) is 9.36. The standard InChI is InChI=1S/C9H8N2OS2/c1-6-4-14-9(10-6)11-8(12)7-2-3-13-5-7/h2-5H,1H3,(H,10,11,12). The maximum atomic E-state index is 11.5. The second-order valence-corrected chi connectivity index (χ2v) is 4.40. The molecule has 5 heteroatoms. The lowest BCUT2D eigenvalue weighted by molar-refractivity contribution is 0.102. The Morgan fingerprint density at radius 1 is 1.50 bits per heavy atom. The Labute approximate surface area is 89.4 Å². The SMILES string of the molecule is Cc1csc(NC(=O)c2ccsc2)n1. The molecule has 1 N–H and O–H groups in total. The molecule has 0 aliphatic heterocycles. The summed E-state index contributed by atoms with van der Waals surface area (Å²) in [6.07, 6.45) is 0. The van der Waals surface area contributed by atoms with Gasteiger partial charge in [0.25, 0.3) is 5.91 Å². The zero-order chi connectivity index (χ0) is 9.97. The zero-order valence-corrected chi connectivity index (χ0v) is 9.11. The van der Waals surface area contributed by atoms with Gasteiger partial charge in [0.1, 0.15) is 0 Å². The van der Waals surface area contributed by atoms with Gasteiger partial charge in [-0.05, 0) is 18.4 Å². The van der Waals surface area contributed by atoms with Gasteiger partial charge in [-0.25, -0.2) is 4.98 Å². The van der Waals surface area contributed by atoms with Gasteiger partial charge in [0.05, 0.1) is 11.3 Å². The van der Waals surface area contributed by atoms with Gasteiger partial charge in [-0.1, -0.05) is 0 Å². The Morgan fingerprint density at radius 2 is 2.36 bits per heavy atom. The third kappa shape index (κ3) is 2.00. The van der Waals surface area contributed by atoms with Crippen molar-refractivity contribution in [3.8, 4) is 0 Å². The summed E-state index contributed by atoms with van der Waals surface area (Å²) in [5.41, 5.74) is 1.61. The van der Waals surface area contributed by atoms with Crippen LogP contribution in [0.15, 0.2) is 22.2 Å². The highest BCUT2D eigenvalue weighted by atomic mass is 32.1. The summed E-state index contributed by atoms with van der Waals surface area (Å²) < 4.78 is 0. The molecule has 0 aromatic carbocycles. The lowest BCUT2D eigenvalue weighted by Crippen LogP contribution is -2.10. The number of anilines is 1. The molecule has 0 fully saturated rings. The number of carbonyl (C=O) groups excluding carboxylic acids is 1. The van der Waals surface area contributed by atoms with Crippen molar-refractivity contribution < 1.29 is 4.79 Å². The van der Waals surface area contributed by atoms with E-state index in [4.69, 9.17) is 0 Å².